The number of aromatic nitrogens is 1. The van der Waals surface area contributed by atoms with Crippen molar-refractivity contribution in [1.82, 2.24) is 19.5 Å². The smallest absolute Gasteiger partial charge is 0.243 e. The Morgan fingerprint density at radius 2 is 1.68 bits per heavy atom. The van der Waals surface area contributed by atoms with Gasteiger partial charge in [-0.15, -0.1) is 0 Å². The minimum absolute atomic E-state index is 0.173. The molecule has 1 aliphatic rings. The van der Waals surface area contributed by atoms with E-state index in [-0.39, 0.29) is 36.2 Å². The number of methoxy groups -OCH3 is 1. The average molecular weight is 565 g/mol. The molecule has 0 unspecified atom stereocenters. The summed E-state index contributed by atoms with van der Waals surface area (Å²) in [6.07, 6.45) is 4.02. The Balaban J connectivity index is 1.43. The first-order chi connectivity index (χ1) is 19.3. The van der Waals surface area contributed by atoms with Crippen LogP contribution in [0.4, 0.5) is 0 Å². The molecule has 1 atom stereocenters. The van der Waals surface area contributed by atoms with E-state index < -0.39 is 16.1 Å². The number of amides is 2. The molecule has 0 aliphatic carbocycles. The zero-order valence-corrected chi connectivity index (χ0v) is 23.8. The van der Waals surface area contributed by atoms with Crippen LogP contribution in [0.25, 0.3) is 0 Å². The number of hydrogen-bond acceptors (Lipinski definition) is 6. The molecule has 212 valence electrons. The van der Waals surface area contributed by atoms with Gasteiger partial charge in [-0.05, 0) is 73.7 Å². The molecule has 0 saturated carbocycles. The van der Waals surface area contributed by atoms with Crippen molar-refractivity contribution in [1.29, 1.82) is 0 Å². The second-order valence-electron chi connectivity index (χ2n) is 9.84. The van der Waals surface area contributed by atoms with Crippen molar-refractivity contribution in [3.8, 4) is 5.75 Å². The van der Waals surface area contributed by atoms with E-state index in [2.05, 4.69) is 10.3 Å². The van der Waals surface area contributed by atoms with Crippen molar-refractivity contribution < 1.29 is 22.7 Å². The van der Waals surface area contributed by atoms with E-state index in [0.717, 1.165) is 29.7 Å². The van der Waals surface area contributed by atoms with Gasteiger partial charge in [-0.25, -0.2) is 8.42 Å². The summed E-state index contributed by atoms with van der Waals surface area (Å²) in [6, 6.07) is 18.9. The first kappa shape index (κ1) is 29.2. The lowest BCUT2D eigenvalue weighted by Crippen LogP contribution is -2.47. The van der Waals surface area contributed by atoms with Crippen molar-refractivity contribution in [2.45, 2.75) is 56.6 Å². The molecule has 40 heavy (non-hydrogen) atoms. The molecule has 9 nitrogen and oxygen atoms in total. The third kappa shape index (κ3) is 7.45. The fourth-order valence-electron chi connectivity index (χ4n) is 4.64. The van der Waals surface area contributed by atoms with Crippen LogP contribution < -0.4 is 10.1 Å². The van der Waals surface area contributed by atoms with Gasteiger partial charge >= 0.3 is 0 Å². The van der Waals surface area contributed by atoms with E-state index in [9.17, 15) is 18.0 Å². The van der Waals surface area contributed by atoms with Crippen molar-refractivity contribution in [2.24, 2.45) is 0 Å². The molecule has 1 N–H and O–H groups in total. The summed E-state index contributed by atoms with van der Waals surface area (Å²) in [6.45, 7) is 3.34. The fraction of sp³-hybridized carbons (Fsp3) is 0.367. The monoisotopic (exact) mass is 564 g/mol. The molecule has 0 spiro atoms. The summed E-state index contributed by atoms with van der Waals surface area (Å²) in [5.74, 6) is 0.257. The highest BCUT2D eigenvalue weighted by Gasteiger charge is 2.28. The van der Waals surface area contributed by atoms with E-state index in [0.29, 0.717) is 25.3 Å². The maximum absolute atomic E-state index is 13.5. The molecular formula is C30H36N4O5S. The van der Waals surface area contributed by atoms with E-state index in [4.69, 9.17) is 4.74 Å². The van der Waals surface area contributed by atoms with Gasteiger partial charge in [0.05, 0.1) is 24.2 Å². The minimum Gasteiger partial charge on any atom is -0.497 e. The molecule has 3 aromatic rings. The van der Waals surface area contributed by atoms with Gasteiger partial charge in [0.15, 0.2) is 0 Å². The van der Waals surface area contributed by atoms with Gasteiger partial charge in [0.2, 0.25) is 21.8 Å². The minimum atomic E-state index is -3.49. The molecule has 2 amide bonds. The Kier molecular flexibility index (Phi) is 9.89. The van der Waals surface area contributed by atoms with Crippen LogP contribution in [0.2, 0.25) is 0 Å². The highest BCUT2D eigenvalue weighted by atomic mass is 32.2. The average Bonchev–Trinajstić information content (AvgIpc) is 3.54. The van der Waals surface area contributed by atoms with Gasteiger partial charge in [-0.2, -0.15) is 4.31 Å². The van der Waals surface area contributed by atoms with Gasteiger partial charge in [0.1, 0.15) is 11.8 Å². The Labute approximate surface area is 236 Å². The number of ether oxygens (including phenoxy) is 1. The summed E-state index contributed by atoms with van der Waals surface area (Å²) < 4.78 is 32.4. The normalized spacial score (nSPS) is 14.4. The number of rotatable bonds is 12. The fourth-order valence-corrected chi connectivity index (χ4v) is 6.16. The van der Waals surface area contributed by atoms with Crippen LogP contribution in [0, 0.1) is 0 Å². The van der Waals surface area contributed by atoms with Gasteiger partial charge in [0, 0.05) is 32.3 Å². The third-order valence-electron chi connectivity index (χ3n) is 7.10. The Morgan fingerprint density at radius 3 is 2.30 bits per heavy atom. The lowest BCUT2D eigenvalue weighted by Gasteiger charge is -2.29. The molecule has 2 heterocycles. The molecule has 1 aromatic heterocycles. The van der Waals surface area contributed by atoms with Crippen LogP contribution in [0.3, 0.4) is 0 Å². The molecular weight excluding hydrogens is 528 g/mol. The van der Waals surface area contributed by atoms with Crippen molar-refractivity contribution >= 4 is 21.8 Å². The number of nitrogens with zero attached hydrogens (tertiary/aromatic N) is 3. The summed E-state index contributed by atoms with van der Waals surface area (Å²) in [7, 11) is -1.90. The van der Waals surface area contributed by atoms with Crippen molar-refractivity contribution in [3.05, 3.63) is 89.7 Å². The van der Waals surface area contributed by atoms with Gasteiger partial charge in [-0.3, -0.25) is 14.6 Å². The van der Waals surface area contributed by atoms with Crippen LogP contribution in [-0.2, 0) is 39.1 Å². The summed E-state index contributed by atoms with van der Waals surface area (Å²) in [5.41, 5.74) is 2.45. The highest BCUT2D eigenvalue weighted by Crippen LogP contribution is 2.22. The summed E-state index contributed by atoms with van der Waals surface area (Å²) >= 11 is 0. The summed E-state index contributed by atoms with van der Waals surface area (Å²) in [5, 5.41) is 2.88. The maximum Gasteiger partial charge on any atom is 0.243 e. The molecule has 10 heteroatoms. The second-order valence-corrected chi connectivity index (χ2v) is 11.8. The van der Waals surface area contributed by atoms with E-state index in [1.54, 1.807) is 49.4 Å². The Morgan fingerprint density at radius 1 is 1.00 bits per heavy atom. The Bertz CT molecular complexity index is 1370. The van der Waals surface area contributed by atoms with E-state index >= 15 is 0 Å². The van der Waals surface area contributed by atoms with Crippen LogP contribution in [0.5, 0.6) is 5.75 Å². The number of sulfonamides is 1. The first-order valence-electron chi connectivity index (χ1n) is 13.5. The molecule has 0 radical (unpaired) electrons. The lowest BCUT2D eigenvalue weighted by atomic mass is 10.1. The van der Waals surface area contributed by atoms with Gasteiger partial charge in [-0.1, -0.05) is 30.3 Å². The van der Waals surface area contributed by atoms with Crippen LogP contribution in [0.15, 0.2) is 77.8 Å². The number of nitrogens with one attached hydrogen (secondary N) is 1. The van der Waals surface area contributed by atoms with E-state index in [1.165, 1.54) is 4.31 Å². The topological polar surface area (TPSA) is 109 Å². The van der Waals surface area contributed by atoms with Crippen LogP contribution in [-0.4, -0.2) is 60.7 Å². The molecule has 1 saturated heterocycles. The predicted molar refractivity (Wildman–Crippen MR) is 152 cm³/mol. The van der Waals surface area contributed by atoms with Crippen LogP contribution >= 0.6 is 0 Å². The predicted octanol–water partition coefficient (Wildman–Crippen LogP) is 3.54. The number of hydrogen-bond donors (Lipinski definition) is 1. The number of carbonyl (C=O) groups excluding carboxylic acids is 2. The number of aryl methyl sites for hydroxylation is 1. The quantitative estimate of drug-likeness (QED) is 0.361. The number of pyridine rings is 1. The lowest BCUT2D eigenvalue weighted by molar-refractivity contribution is -0.140. The van der Waals surface area contributed by atoms with E-state index in [1.807, 2.05) is 42.5 Å². The highest BCUT2D eigenvalue weighted by molar-refractivity contribution is 7.89. The third-order valence-corrected chi connectivity index (χ3v) is 9.02. The van der Waals surface area contributed by atoms with Gasteiger partial charge in [0.25, 0.3) is 0 Å². The molecule has 0 bridgehead atoms. The van der Waals surface area contributed by atoms with Crippen molar-refractivity contribution in [2.75, 3.05) is 20.2 Å². The molecule has 2 aromatic carbocycles. The first-order valence-corrected chi connectivity index (χ1v) is 14.9. The zero-order chi connectivity index (χ0) is 28.5. The number of carbonyl (C=O) groups is 2. The standard InChI is InChI=1S/C30H36N4O5S/c1-23(30(36)32-21-26-7-3-4-18-31-26)34(22-25-8-13-27(39-2)14-9-25)29(35)17-12-24-10-15-28(16-11-24)40(37,38)33-19-5-6-20-33/h3-4,7-11,13-16,18,23H,5-6,12,17,19-22H2,1-2H3,(H,32,36)/t23-/m1/s1. The SMILES string of the molecule is COc1ccc(CN(C(=O)CCc2ccc(S(=O)(=O)N3CCCC3)cc2)[C@H](C)C(=O)NCc2ccccn2)cc1. The van der Waals surface area contributed by atoms with Gasteiger partial charge < -0.3 is 15.0 Å². The maximum atomic E-state index is 13.5. The van der Waals surface area contributed by atoms with Crippen molar-refractivity contribution in [3.63, 3.8) is 0 Å². The molecule has 4 rings (SSSR count). The van der Waals surface area contributed by atoms with Crippen LogP contribution in [0.1, 0.15) is 43.0 Å². The number of benzene rings is 2. The molecule has 1 aliphatic heterocycles. The zero-order valence-electron chi connectivity index (χ0n) is 23.0. The summed E-state index contributed by atoms with van der Waals surface area (Å²) in [4.78, 5) is 32.6. The second kappa shape index (κ2) is 13.5. The Hall–Kier alpha value is -3.76. The molecule has 1 fully saturated rings. The largest absolute Gasteiger partial charge is 0.497 e.